The Balaban J connectivity index is 2.29. The summed E-state index contributed by atoms with van der Waals surface area (Å²) in [6.07, 6.45) is 2.35. The van der Waals surface area contributed by atoms with Crippen molar-refractivity contribution < 1.29 is 27.8 Å². The van der Waals surface area contributed by atoms with E-state index >= 15 is 0 Å². The molecule has 0 saturated heterocycles. The van der Waals surface area contributed by atoms with Crippen molar-refractivity contribution in [2.24, 2.45) is 0 Å². The van der Waals surface area contributed by atoms with Crippen LogP contribution in [0, 0.1) is 5.95 Å². The Hall–Kier alpha value is -2.51. The molecule has 2 aromatic heterocycles. The molecule has 0 fully saturated rings. The van der Waals surface area contributed by atoms with Gasteiger partial charge in [0.15, 0.2) is 0 Å². The lowest BCUT2D eigenvalue weighted by atomic mass is 10.2. The summed E-state index contributed by atoms with van der Waals surface area (Å²) < 4.78 is 42.5. The quantitative estimate of drug-likeness (QED) is 0.857. The minimum absolute atomic E-state index is 0.00628. The second-order valence-electron chi connectivity index (χ2n) is 3.86. The van der Waals surface area contributed by atoms with Crippen molar-refractivity contribution >= 4 is 5.97 Å². The predicted octanol–water partition coefficient (Wildman–Crippen LogP) is 2.37. The van der Waals surface area contributed by atoms with Crippen LogP contribution in [0.4, 0.5) is 13.2 Å². The molecular formula is C12H9F3N2O3. The van der Waals surface area contributed by atoms with Crippen molar-refractivity contribution in [3.63, 3.8) is 0 Å². The van der Waals surface area contributed by atoms with Gasteiger partial charge in [-0.05, 0) is 17.7 Å². The highest BCUT2D eigenvalue weighted by Gasteiger charge is 2.16. The van der Waals surface area contributed by atoms with Gasteiger partial charge in [0.25, 0.3) is 0 Å². The van der Waals surface area contributed by atoms with Gasteiger partial charge >= 0.3 is 12.6 Å². The summed E-state index contributed by atoms with van der Waals surface area (Å²) in [5.41, 5.74) is 0.206. The van der Waals surface area contributed by atoms with Crippen LogP contribution in [-0.2, 0) is 6.54 Å². The van der Waals surface area contributed by atoms with E-state index in [2.05, 4.69) is 9.72 Å². The number of aromatic carboxylic acids is 1. The van der Waals surface area contributed by atoms with E-state index in [0.717, 1.165) is 18.3 Å². The zero-order chi connectivity index (χ0) is 14.7. The first kappa shape index (κ1) is 13.9. The van der Waals surface area contributed by atoms with E-state index in [4.69, 9.17) is 5.11 Å². The van der Waals surface area contributed by atoms with E-state index in [1.165, 1.54) is 16.8 Å². The molecule has 20 heavy (non-hydrogen) atoms. The van der Waals surface area contributed by atoms with Crippen molar-refractivity contribution in [2.45, 2.75) is 13.2 Å². The van der Waals surface area contributed by atoms with Gasteiger partial charge in [0, 0.05) is 25.0 Å². The maximum Gasteiger partial charge on any atom is 0.387 e. The highest BCUT2D eigenvalue weighted by Crippen LogP contribution is 2.20. The number of aromatic nitrogens is 2. The van der Waals surface area contributed by atoms with Crippen LogP contribution in [0.1, 0.15) is 16.1 Å². The minimum Gasteiger partial charge on any atom is -0.477 e. The lowest BCUT2D eigenvalue weighted by molar-refractivity contribution is -0.0498. The summed E-state index contributed by atoms with van der Waals surface area (Å²) in [7, 11) is 0. The second kappa shape index (κ2) is 5.64. The molecule has 0 radical (unpaired) electrons. The molecule has 0 bridgehead atoms. The van der Waals surface area contributed by atoms with Gasteiger partial charge in [0.05, 0.1) is 0 Å². The van der Waals surface area contributed by atoms with Crippen LogP contribution in [0.5, 0.6) is 5.75 Å². The fourth-order valence-electron chi connectivity index (χ4n) is 1.70. The largest absolute Gasteiger partial charge is 0.477 e. The summed E-state index contributed by atoms with van der Waals surface area (Å²) in [5.74, 6) is -2.29. The lowest BCUT2D eigenvalue weighted by Crippen LogP contribution is -2.08. The molecule has 0 amide bonds. The van der Waals surface area contributed by atoms with Crippen molar-refractivity contribution in [2.75, 3.05) is 0 Å². The van der Waals surface area contributed by atoms with E-state index in [-0.39, 0.29) is 18.0 Å². The monoisotopic (exact) mass is 286 g/mol. The summed E-state index contributed by atoms with van der Waals surface area (Å²) in [4.78, 5) is 14.4. The summed E-state index contributed by atoms with van der Waals surface area (Å²) in [6, 6.07) is 3.59. The first-order valence-corrected chi connectivity index (χ1v) is 5.44. The average molecular weight is 286 g/mol. The van der Waals surface area contributed by atoms with E-state index in [1.54, 1.807) is 0 Å². The zero-order valence-electron chi connectivity index (χ0n) is 9.96. The van der Waals surface area contributed by atoms with Crippen molar-refractivity contribution in [3.8, 4) is 5.75 Å². The number of carboxylic acids is 1. The van der Waals surface area contributed by atoms with Crippen LogP contribution in [-0.4, -0.2) is 27.2 Å². The van der Waals surface area contributed by atoms with E-state index in [9.17, 15) is 18.0 Å². The molecule has 0 spiro atoms. The van der Waals surface area contributed by atoms with Crippen molar-refractivity contribution in [1.29, 1.82) is 0 Å². The molecule has 1 N–H and O–H groups in total. The molecule has 5 nitrogen and oxygen atoms in total. The van der Waals surface area contributed by atoms with Gasteiger partial charge in [0.2, 0.25) is 5.95 Å². The van der Waals surface area contributed by atoms with Gasteiger partial charge in [-0.25, -0.2) is 9.78 Å². The Morgan fingerprint density at radius 3 is 2.80 bits per heavy atom. The van der Waals surface area contributed by atoms with Gasteiger partial charge in [-0.3, -0.25) is 0 Å². The number of rotatable bonds is 5. The van der Waals surface area contributed by atoms with Crippen LogP contribution in [0.2, 0.25) is 0 Å². The molecule has 0 saturated carbocycles. The Morgan fingerprint density at radius 1 is 1.45 bits per heavy atom. The fraction of sp³-hybridized carbons (Fsp3) is 0.167. The van der Waals surface area contributed by atoms with Gasteiger partial charge in [0.1, 0.15) is 11.4 Å². The van der Waals surface area contributed by atoms with E-state index in [1.807, 2.05) is 0 Å². The van der Waals surface area contributed by atoms with Crippen LogP contribution < -0.4 is 4.74 Å². The third-order valence-electron chi connectivity index (χ3n) is 2.46. The van der Waals surface area contributed by atoms with Crippen LogP contribution in [0.3, 0.4) is 0 Å². The maximum atomic E-state index is 12.9. The highest BCUT2D eigenvalue weighted by atomic mass is 19.3. The molecule has 2 aromatic rings. The predicted molar refractivity (Wildman–Crippen MR) is 61.3 cm³/mol. The van der Waals surface area contributed by atoms with Gasteiger partial charge in [-0.2, -0.15) is 13.2 Å². The molecule has 0 atom stereocenters. The SMILES string of the molecule is O=C(O)c1cc(OC(F)F)cn1Cc1ccnc(F)c1. The second-order valence-corrected chi connectivity index (χ2v) is 3.86. The average Bonchev–Trinajstić information content (AvgIpc) is 2.71. The molecular weight excluding hydrogens is 277 g/mol. The fourth-order valence-corrected chi connectivity index (χ4v) is 1.70. The maximum absolute atomic E-state index is 12.9. The topological polar surface area (TPSA) is 64.3 Å². The number of hydrogen-bond donors (Lipinski definition) is 1. The number of carboxylic acid groups (broad SMARTS) is 1. The molecule has 2 rings (SSSR count). The third kappa shape index (κ3) is 3.28. The Kier molecular flexibility index (Phi) is 3.92. The van der Waals surface area contributed by atoms with Gasteiger partial charge < -0.3 is 14.4 Å². The molecule has 0 unspecified atom stereocenters. The first-order chi connectivity index (χ1) is 9.45. The number of carbonyl (C=O) groups is 1. The number of ether oxygens (including phenoxy) is 1. The summed E-state index contributed by atoms with van der Waals surface area (Å²) in [5, 5.41) is 9.00. The number of alkyl halides is 2. The lowest BCUT2D eigenvalue weighted by Gasteiger charge is -2.06. The van der Waals surface area contributed by atoms with Crippen LogP contribution in [0.25, 0.3) is 0 Å². The smallest absolute Gasteiger partial charge is 0.387 e. The number of nitrogens with zero attached hydrogens (tertiary/aromatic N) is 2. The molecule has 8 heteroatoms. The molecule has 2 heterocycles. The number of halogens is 3. The zero-order valence-corrected chi connectivity index (χ0v) is 9.96. The van der Waals surface area contributed by atoms with Crippen molar-refractivity contribution in [3.05, 3.63) is 47.8 Å². The molecule has 0 aliphatic rings. The van der Waals surface area contributed by atoms with E-state index < -0.39 is 18.5 Å². The summed E-state index contributed by atoms with van der Waals surface area (Å²) in [6.45, 7) is -3.06. The molecule has 106 valence electrons. The number of hydrogen-bond acceptors (Lipinski definition) is 3. The van der Waals surface area contributed by atoms with Gasteiger partial charge in [-0.1, -0.05) is 0 Å². The van der Waals surface area contributed by atoms with Gasteiger partial charge in [-0.15, -0.1) is 0 Å². The van der Waals surface area contributed by atoms with Crippen molar-refractivity contribution in [1.82, 2.24) is 9.55 Å². The van der Waals surface area contributed by atoms with E-state index in [0.29, 0.717) is 5.56 Å². The van der Waals surface area contributed by atoms with Crippen LogP contribution in [0.15, 0.2) is 30.6 Å². The first-order valence-electron chi connectivity index (χ1n) is 5.44. The Morgan fingerprint density at radius 2 is 2.20 bits per heavy atom. The Labute approximate surface area is 111 Å². The normalized spacial score (nSPS) is 10.8. The third-order valence-corrected chi connectivity index (χ3v) is 2.46. The molecule has 0 aromatic carbocycles. The summed E-state index contributed by atoms with van der Waals surface area (Å²) >= 11 is 0. The minimum atomic E-state index is -3.05. The molecule has 0 aliphatic heterocycles. The number of pyridine rings is 1. The van der Waals surface area contributed by atoms with Crippen LogP contribution >= 0.6 is 0 Å². The Bertz CT molecular complexity index is 628. The molecule has 0 aliphatic carbocycles. The standard InChI is InChI=1S/C12H9F3N2O3/c13-10-3-7(1-2-16-10)5-17-6-8(20-12(14)15)4-9(17)11(18)19/h1-4,6,12H,5H2,(H,18,19). The highest BCUT2D eigenvalue weighted by molar-refractivity contribution is 5.86.